The van der Waals surface area contributed by atoms with Gasteiger partial charge in [-0.25, -0.2) is 9.97 Å². The van der Waals surface area contributed by atoms with E-state index in [2.05, 4.69) is 37.1 Å². The Balaban J connectivity index is 1.38. The Morgan fingerprint density at radius 1 is 1.46 bits per heavy atom. The number of nitrogens with two attached hydrogens (primary N) is 1. The van der Waals surface area contributed by atoms with Gasteiger partial charge in [0.25, 0.3) is 0 Å². The third-order valence-electron chi connectivity index (χ3n) is 5.00. The number of amides is 1. The number of carbonyl (C=O) groups excluding carboxylic acids is 1. The van der Waals surface area contributed by atoms with Crippen molar-refractivity contribution < 1.29 is 4.79 Å². The molecule has 0 aromatic carbocycles. The fraction of sp³-hybridized carbons (Fsp3) is 0.529. The average molecular weight is 373 g/mol. The molecule has 0 aliphatic carbocycles. The van der Waals surface area contributed by atoms with Gasteiger partial charge in [0.1, 0.15) is 17.8 Å². The summed E-state index contributed by atoms with van der Waals surface area (Å²) >= 11 is 1.71. The largest absolute Gasteiger partial charge is 0.356 e. The number of hydrogen-bond donors (Lipinski definition) is 3. The molecule has 1 amide bonds. The number of nitrogens with one attached hydrogen (secondary N) is 2. The van der Waals surface area contributed by atoms with Crippen LogP contribution >= 0.6 is 11.8 Å². The highest BCUT2D eigenvalue weighted by Crippen LogP contribution is 2.28. The van der Waals surface area contributed by atoms with Gasteiger partial charge in [-0.3, -0.25) is 9.79 Å². The second-order valence-corrected chi connectivity index (χ2v) is 8.04. The lowest BCUT2D eigenvalue weighted by Crippen LogP contribution is -2.60. The number of aromatic amines is 1. The van der Waals surface area contributed by atoms with Crippen molar-refractivity contribution in [3.8, 4) is 0 Å². The molecular weight excluding hydrogens is 350 g/mol. The highest BCUT2D eigenvalue weighted by molar-refractivity contribution is 8.14. The molecule has 2 aromatic heterocycles. The van der Waals surface area contributed by atoms with Crippen LogP contribution in [0.2, 0.25) is 0 Å². The number of anilines is 1. The first kappa shape index (κ1) is 17.3. The third kappa shape index (κ3) is 3.28. The summed E-state index contributed by atoms with van der Waals surface area (Å²) in [4.78, 5) is 31.1. The van der Waals surface area contributed by atoms with E-state index < -0.39 is 5.54 Å². The fourth-order valence-corrected chi connectivity index (χ4v) is 4.36. The van der Waals surface area contributed by atoms with Crippen LogP contribution in [0, 0.1) is 0 Å². The van der Waals surface area contributed by atoms with E-state index in [0.717, 1.165) is 27.6 Å². The molecule has 0 saturated carbocycles. The van der Waals surface area contributed by atoms with E-state index in [9.17, 15) is 4.79 Å². The average Bonchev–Trinajstić information content (AvgIpc) is 3.28. The number of aliphatic imine (C=N–C) groups is 1. The quantitative estimate of drug-likeness (QED) is 0.734. The molecular formula is C17H23N7OS. The predicted molar refractivity (Wildman–Crippen MR) is 105 cm³/mol. The monoisotopic (exact) mass is 373 g/mol. The van der Waals surface area contributed by atoms with Crippen molar-refractivity contribution in [2.24, 2.45) is 10.7 Å². The van der Waals surface area contributed by atoms with Crippen LogP contribution in [0.4, 0.5) is 5.82 Å². The van der Waals surface area contributed by atoms with E-state index in [1.54, 1.807) is 18.1 Å². The van der Waals surface area contributed by atoms with Gasteiger partial charge >= 0.3 is 0 Å². The number of thioether (sulfide) groups is 1. The van der Waals surface area contributed by atoms with E-state index in [0.29, 0.717) is 38.5 Å². The van der Waals surface area contributed by atoms with Crippen LogP contribution in [0.25, 0.3) is 11.0 Å². The van der Waals surface area contributed by atoms with Crippen molar-refractivity contribution in [3.63, 3.8) is 0 Å². The number of fused-ring (bicyclic) bond motifs is 1. The maximum absolute atomic E-state index is 12.6. The molecule has 0 bridgehead atoms. The van der Waals surface area contributed by atoms with Crippen molar-refractivity contribution in [2.75, 3.05) is 30.3 Å². The minimum Gasteiger partial charge on any atom is -0.356 e. The van der Waals surface area contributed by atoms with Gasteiger partial charge in [0, 0.05) is 25.0 Å². The lowest BCUT2D eigenvalue weighted by Gasteiger charge is -2.38. The molecule has 4 N–H and O–H groups in total. The molecule has 8 nitrogen and oxygen atoms in total. The molecule has 2 aliphatic heterocycles. The molecule has 1 atom stereocenters. The van der Waals surface area contributed by atoms with Crippen LogP contribution in [0.1, 0.15) is 19.8 Å². The molecule has 9 heteroatoms. The van der Waals surface area contributed by atoms with Crippen LogP contribution in [0.5, 0.6) is 0 Å². The van der Waals surface area contributed by atoms with Crippen molar-refractivity contribution >= 4 is 39.6 Å². The van der Waals surface area contributed by atoms with Crippen molar-refractivity contribution in [1.82, 2.24) is 20.3 Å². The van der Waals surface area contributed by atoms with Crippen LogP contribution in [-0.4, -0.2) is 62.9 Å². The molecule has 4 rings (SSSR count). The molecule has 0 spiro atoms. The zero-order chi connectivity index (χ0) is 18.1. The number of aromatic nitrogens is 3. The van der Waals surface area contributed by atoms with E-state index in [4.69, 9.17) is 5.73 Å². The molecule has 138 valence electrons. The number of hydrogen-bond acceptors (Lipinski definition) is 7. The van der Waals surface area contributed by atoms with Gasteiger partial charge in [0.15, 0.2) is 0 Å². The normalized spacial score (nSPS) is 22.5. The highest BCUT2D eigenvalue weighted by Gasteiger charge is 2.38. The smallest absolute Gasteiger partial charge is 0.240 e. The Morgan fingerprint density at radius 2 is 2.27 bits per heavy atom. The van der Waals surface area contributed by atoms with E-state index in [1.807, 2.05) is 12.3 Å². The molecule has 1 saturated heterocycles. The summed E-state index contributed by atoms with van der Waals surface area (Å²) in [6.07, 6.45) is 4.60. The number of carbonyl (C=O) groups is 1. The summed E-state index contributed by atoms with van der Waals surface area (Å²) in [6, 6.07) is 2.31. The first-order valence-corrected chi connectivity index (χ1v) is 9.83. The van der Waals surface area contributed by atoms with Crippen LogP contribution in [0.3, 0.4) is 0 Å². The van der Waals surface area contributed by atoms with Crippen LogP contribution in [0.15, 0.2) is 23.6 Å². The summed E-state index contributed by atoms with van der Waals surface area (Å²) < 4.78 is 0. The molecule has 26 heavy (non-hydrogen) atoms. The lowest BCUT2D eigenvalue weighted by atomic mass is 9.87. The Hall–Kier alpha value is -2.13. The predicted octanol–water partition coefficient (Wildman–Crippen LogP) is 0.906. The SMILES string of the molecule is CC1CSC(CNC(=O)C2(N)CCN(c3ncnc4[nH]ccc34)CC2)=N1. The molecule has 2 aromatic rings. The maximum Gasteiger partial charge on any atom is 0.240 e. The summed E-state index contributed by atoms with van der Waals surface area (Å²) in [5.41, 5.74) is 6.41. The highest BCUT2D eigenvalue weighted by atomic mass is 32.2. The van der Waals surface area contributed by atoms with Gasteiger partial charge in [0.2, 0.25) is 5.91 Å². The number of nitrogens with zero attached hydrogens (tertiary/aromatic N) is 4. The Bertz CT molecular complexity index is 841. The molecule has 0 radical (unpaired) electrons. The zero-order valence-corrected chi connectivity index (χ0v) is 15.6. The number of rotatable bonds is 4. The van der Waals surface area contributed by atoms with Crippen molar-refractivity contribution in [1.29, 1.82) is 0 Å². The van der Waals surface area contributed by atoms with E-state index in [1.165, 1.54) is 0 Å². The minimum atomic E-state index is -0.837. The summed E-state index contributed by atoms with van der Waals surface area (Å²) in [7, 11) is 0. The summed E-state index contributed by atoms with van der Waals surface area (Å²) in [5.74, 6) is 1.79. The Labute approximate surface area is 156 Å². The lowest BCUT2D eigenvalue weighted by molar-refractivity contribution is -0.126. The van der Waals surface area contributed by atoms with Crippen LogP contribution in [-0.2, 0) is 4.79 Å². The topological polar surface area (TPSA) is 112 Å². The molecule has 2 aliphatic rings. The first-order valence-electron chi connectivity index (χ1n) is 8.85. The molecule has 1 unspecified atom stereocenters. The van der Waals surface area contributed by atoms with Crippen molar-refractivity contribution in [3.05, 3.63) is 18.6 Å². The fourth-order valence-electron chi connectivity index (χ4n) is 3.42. The first-order chi connectivity index (χ1) is 12.5. The maximum atomic E-state index is 12.6. The van der Waals surface area contributed by atoms with Gasteiger partial charge in [-0.1, -0.05) is 0 Å². The van der Waals surface area contributed by atoms with Gasteiger partial charge in [0.05, 0.1) is 28.6 Å². The second-order valence-electron chi connectivity index (χ2n) is 6.95. The second kappa shape index (κ2) is 6.88. The van der Waals surface area contributed by atoms with Gasteiger partial charge in [-0.2, -0.15) is 0 Å². The van der Waals surface area contributed by atoms with E-state index in [-0.39, 0.29) is 5.91 Å². The van der Waals surface area contributed by atoms with Gasteiger partial charge in [-0.05, 0) is 25.8 Å². The van der Waals surface area contributed by atoms with Gasteiger partial charge in [-0.15, -0.1) is 11.8 Å². The standard InChI is InChI=1S/C17H23N7OS/c1-11-9-26-13(23-11)8-20-16(25)17(18)3-6-24(7-4-17)15-12-2-5-19-14(12)21-10-22-15/h2,5,10-11H,3-4,6-9,18H2,1H3,(H,20,25)(H,19,21,22). The Morgan fingerprint density at radius 3 is 3.00 bits per heavy atom. The third-order valence-corrected chi connectivity index (χ3v) is 6.23. The van der Waals surface area contributed by atoms with Gasteiger partial charge < -0.3 is 20.9 Å². The van der Waals surface area contributed by atoms with Crippen molar-refractivity contribution in [2.45, 2.75) is 31.3 Å². The Kier molecular flexibility index (Phi) is 4.58. The van der Waals surface area contributed by atoms with Crippen LogP contribution < -0.4 is 16.0 Å². The minimum absolute atomic E-state index is 0.0884. The molecule has 1 fully saturated rings. The zero-order valence-electron chi connectivity index (χ0n) is 14.7. The summed E-state index contributed by atoms with van der Waals surface area (Å²) in [5, 5.41) is 4.95. The number of piperidine rings is 1. The van der Waals surface area contributed by atoms with E-state index >= 15 is 0 Å². The molecule has 4 heterocycles. The summed E-state index contributed by atoms with van der Waals surface area (Å²) in [6.45, 7) is 3.94. The number of H-pyrrole nitrogens is 1.